The molecular formula is C18H20N2O2. The summed E-state index contributed by atoms with van der Waals surface area (Å²) in [4.78, 5) is 0. The van der Waals surface area contributed by atoms with Gasteiger partial charge in [-0.1, -0.05) is 37.3 Å². The van der Waals surface area contributed by atoms with Crippen molar-refractivity contribution >= 4 is 0 Å². The molecule has 0 aliphatic carbocycles. The smallest absolute Gasteiger partial charge is 0.120 e. The van der Waals surface area contributed by atoms with Gasteiger partial charge in [-0.15, -0.1) is 0 Å². The molecule has 3 N–H and O–H groups in total. The monoisotopic (exact) mass is 296 g/mol. The Bertz CT molecular complexity index is 647. The fourth-order valence-corrected chi connectivity index (χ4v) is 2.41. The molecule has 0 aliphatic rings. The summed E-state index contributed by atoms with van der Waals surface area (Å²) in [6.07, 6.45) is 0.144. The van der Waals surface area contributed by atoms with Crippen molar-refractivity contribution in [2.45, 2.75) is 25.5 Å². The number of nitrogens with one attached hydrogen (secondary N) is 1. The molecule has 0 fully saturated rings. The van der Waals surface area contributed by atoms with E-state index in [4.69, 9.17) is 5.26 Å². The Morgan fingerprint density at radius 1 is 1.14 bits per heavy atom. The summed E-state index contributed by atoms with van der Waals surface area (Å²) >= 11 is 0. The third-order valence-corrected chi connectivity index (χ3v) is 3.70. The first-order valence-electron chi connectivity index (χ1n) is 7.35. The van der Waals surface area contributed by atoms with Gasteiger partial charge < -0.3 is 15.5 Å². The number of aliphatic hydroxyl groups is 1. The van der Waals surface area contributed by atoms with Gasteiger partial charge in [0.15, 0.2) is 0 Å². The summed E-state index contributed by atoms with van der Waals surface area (Å²) in [6, 6.07) is 16.2. The highest BCUT2D eigenvalue weighted by Crippen LogP contribution is 2.26. The number of aromatic hydroxyl groups is 1. The molecule has 0 aliphatic heterocycles. The Labute approximate surface area is 130 Å². The molecule has 4 nitrogen and oxygen atoms in total. The van der Waals surface area contributed by atoms with Crippen LogP contribution in [0, 0.1) is 11.3 Å². The predicted molar refractivity (Wildman–Crippen MR) is 85.3 cm³/mol. The molecule has 22 heavy (non-hydrogen) atoms. The second kappa shape index (κ2) is 7.60. The summed E-state index contributed by atoms with van der Waals surface area (Å²) in [6.45, 7) is 2.40. The SMILES string of the molecule is CCC(NCC(O)c1ccc(C#N)cc1)c1ccccc1O. The fraction of sp³-hybridized carbons (Fsp3) is 0.278. The summed E-state index contributed by atoms with van der Waals surface area (Å²) in [5.74, 6) is 0.259. The van der Waals surface area contributed by atoms with E-state index in [1.807, 2.05) is 19.1 Å². The normalized spacial score (nSPS) is 13.3. The van der Waals surface area contributed by atoms with Gasteiger partial charge in [-0.2, -0.15) is 5.26 Å². The third kappa shape index (κ3) is 3.85. The predicted octanol–water partition coefficient (Wildman–Crippen LogP) is 3.04. The minimum absolute atomic E-state index is 0.0192. The molecule has 0 saturated heterocycles. The molecule has 0 amide bonds. The van der Waals surface area contributed by atoms with E-state index in [0.29, 0.717) is 12.1 Å². The van der Waals surface area contributed by atoms with Crippen LogP contribution in [0.1, 0.15) is 42.2 Å². The van der Waals surface area contributed by atoms with E-state index in [0.717, 1.165) is 17.5 Å². The maximum absolute atomic E-state index is 10.2. The van der Waals surface area contributed by atoms with E-state index in [1.165, 1.54) is 0 Å². The van der Waals surface area contributed by atoms with Crippen molar-refractivity contribution in [3.63, 3.8) is 0 Å². The fourth-order valence-electron chi connectivity index (χ4n) is 2.41. The van der Waals surface area contributed by atoms with Gasteiger partial charge in [-0.3, -0.25) is 0 Å². The Morgan fingerprint density at radius 2 is 1.82 bits per heavy atom. The van der Waals surface area contributed by atoms with Gasteiger partial charge in [0.1, 0.15) is 5.75 Å². The lowest BCUT2D eigenvalue weighted by Gasteiger charge is -2.21. The first kappa shape index (κ1) is 16.0. The Hall–Kier alpha value is -2.35. The molecule has 2 aromatic carbocycles. The van der Waals surface area contributed by atoms with E-state index in [9.17, 15) is 10.2 Å². The van der Waals surface area contributed by atoms with Crippen molar-refractivity contribution in [1.29, 1.82) is 5.26 Å². The van der Waals surface area contributed by atoms with Crippen molar-refractivity contribution in [2.75, 3.05) is 6.54 Å². The van der Waals surface area contributed by atoms with Crippen molar-refractivity contribution < 1.29 is 10.2 Å². The van der Waals surface area contributed by atoms with Gasteiger partial charge in [0.05, 0.1) is 17.7 Å². The van der Waals surface area contributed by atoms with E-state index in [2.05, 4.69) is 11.4 Å². The highest BCUT2D eigenvalue weighted by Gasteiger charge is 2.15. The van der Waals surface area contributed by atoms with Crippen LogP contribution < -0.4 is 5.32 Å². The number of hydrogen-bond donors (Lipinski definition) is 3. The van der Waals surface area contributed by atoms with Crippen molar-refractivity contribution in [1.82, 2.24) is 5.32 Å². The summed E-state index contributed by atoms with van der Waals surface area (Å²) in [5, 5.41) is 32.2. The maximum Gasteiger partial charge on any atom is 0.120 e. The lowest BCUT2D eigenvalue weighted by molar-refractivity contribution is 0.169. The molecule has 0 heterocycles. The van der Waals surface area contributed by atoms with Crippen LogP contribution in [0.15, 0.2) is 48.5 Å². The topological polar surface area (TPSA) is 76.3 Å². The molecule has 0 radical (unpaired) electrons. The first-order chi connectivity index (χ1) is 10.7. The average molecular weight is 296 g/mol. The van der Waals surface area contributed by atoms with Crippen LogP contribution in [-0.4, -0.2) is 16.8 Å². The zero-order valence-electron chi connectivity index (χ0n) is 12.5. The molecule has 0 bridgehead atoms. The highest BCUT2D eigenvalue weighted by atomic mass is 16.3. The summed E-state index contributed by atoms with van der Waals surface area (Å²) in [7, 11) is 0. The number of aliphatic hydroxyl groups excluding tert-OH is 1. The number of benzene rings is 2. The van der Waals surface area contributed by atoms with Crippen LogP contribution >= 0.6 is 0 Å². The number of phenolic OH excluding ortho intramolecular Hbond substituents is 1. The number of hydrogen-bond acceptors (Lipinski definition) is 4. The summed E-state index contributed by atoms with van der Waals surface area (Å²) < 4.78 is 0. The molecule has 0 spiro atoms. The minimum atomic E-state index is -0.660. The largest absolute Gasteiger partial charge is 0.508 e. The number of nitrogens with zero attached hydrogens (tertiary/aromatic N) is 1. The van der Waals surface area contributed by atoms with Gasteiger partial charge in [0.2, 0.25) is 0 Å². The quantitative estimate of drug-likeness (QED) is 0.766. The minimum Gasteiger partial charge on any atom is -0.508 e. The van der Waals surface area contributed by atoms with Gasteiger partial charge in [0.25, 0.3) is 0 Å². The number of nitriles is 1. The van der Waals surface area contributed by atoms with Crippen LogP contribution in [0.25, 0.3) is 0 Å². The lowest BCUT2D eigenvalue weighted by Crippen LogP contribution is -2.26. The molecule has 2 aromatic rings. The number of para-hydroxylation sites is 1. The van der Waals surface area contributed by atoms with Crippen LogP contribution in [0.2, 0.25) is 0 Å². The van der Waals surface area contributed by atoms with Crippen LogP contribution in [-0.2, 0) is 0 Å². The van der Waals surface area contributed by atoms with E-state index >= 15 is 0 Å². The van der Waals surface area contributed by atoms with Crippen molar-refractivity contribution in [3.05, 3.63) is 65.2 Å². The van der Waals surface area contributed by atoms with Crippen molar-refractivity contribution in [3.8, 4) is 11.8 Å². The Kier molecular flexibility index (Phi) is 5.54. The third-order valence-electron chi connectivity index (χ3n) is 3.70. The highest BCUT2D eigenvalue weighted by molar-refractivity contribution is 5.35. The van der Waals surface area contributed by atoms with Gasteiger partial charge >= 0.3 is 0 Å². The van der Waals surface area contributed by atoms with Crippen LogP contribution in [0.5, 0.6) is 5.75 Å². The maximum atomic E-state index is 10.2. The second-order valence-corrected chi connectivity index (χ2v) is 5.18. The molecule has 0 aromatic heterocycles. The molecule has 0 saturated carbocycles. The van der Waals surface area contributed by atoms with E-state index in [-0.39, 0.29) is 11.8 Å². The first-order valence-corrected chi connectivity index (χ1v) is 7.35. The van der Waals surface area contributed by atoms with E-state index in [1.54, 1.807) is 36.4 Å². The second-order valence-electron chi connectivity index (χ2n) is 5.18. The number of rotatable bonds is 6. The molecule has 114 valence electrons. The standard InChI is InChI=1S/C18H20N2O2/c1-2-16(15-5-3-4-6-17(15)21)20-12-18(22)14-9-7-13(11-19)8-10-14/h3-10,16,18,20-22H,2,12H2,1H3. The molecule has 2 unspecified atom stereocenters. The van der Waals surface area contributed by atoms with E-state index < -0.39 is 6.10 Å². The molecule has 2 rings (SSSR count). The zero-order valence-corrected chi connectivity index (χ0v) is 12.5. The van der Waals surface area contributed by atoms with Crippen molar-refractivity contribution in [2.24, 2.45) is 0 Å². The molecule has 2 atom stereocenters. The Morgan fingerprint density at radius 3 is 2.41 bits per heavy atom. The van der Waals surface area contributed by atoms with Gasteiger partial charge in [0, 0.05) is 18.2 Å². The van der Waals surface area contributed by atoms with Gasteiger partial charge in [-0.05, 0) is 30.2 Å². The summed E-state index contributed by atoms with van der Waals surface area (Å²) in [5.41, 5.74) is 2.17. The van der Waals surface area contributed by atoms with Gasteiger partial charge in [-0.25, -0.2) is 0 Å². The van der Waals surface area contributed by atoms with Crippen LogP contribution in [0.3, 0.4) is 0 Å². The Balaban J connectivity index is 2.01. The van der Waals surface area contributed by atoms with Crippen LogP contribution in [0.4, 0.5) is 0 Å². The average Bonchev–Trinajstić information content (AvgIpc) is 2.56. The number of phenols is 1. The molecule has 4 heteroatoms. The molecular weight excluding hydrogens is 276 g/mol. The lowest BCUT2D eigenvalue weighted by atomic mass is 10.0. The zero-order chi connectivity index (χ0) is 15.9.